The van der Waals surface area contributed by atoms with Gasteiger partial charge in [-0.3, -0.25) is 14.6 Å². The summed E-state index contributed by atoms with van der Waals surface area (Å²) in [4.78, 5) is 31.3. The Morgan fingerprint density at radius 2 is 2.00 bits per heavy atom. The predicted molar refractivity (Wildman–Crippen MR) is 106 cm³/mol. The van der Waals surface area contributed by atoms with Crippen LogP contribution in [-0.4, -0.2) is 34.8 Å². The van der Waals surface area contributed by atoms with E-state index in [0.717, 1.165) is 22.4 Å². The van der Waals surface area contributed by atoms with Gasteiger partial charge in [-0.05, 0) is 56.2 Å². The Morgan fingerprint density at radius 3 is 2.75 bits per heavy atom. The highest BCUT2D eigenvalue weighted by Crippen LogP contribution is 2.23. The Morgan fingerprint density at radius 1 is 1.18 bits per heavy atom. The van der Waals surface area contributed by atoms with Gasteiger partial charge in [-0.1, -0.05) is 6.07 Å². The second-order valence-corrected chi connectivity index (χ2v) is 7.22. The van der Waals surface area contributed by atoms with Gasteiger partial charge < -0.3 is 14.6 Å². The number of carbonyl (C=O) groups excluding carboxylic acids is 2. The number of fused-ring (bicyclic) bond motifs is 1. The van der Waals surface area contributed by atoms with Crippen LogP contribution in [0.4, 0.5) is 0 Å². The number of carbonyl (C=O) groups is 2. The number of aromatic nitrogens is 1. The van der Waals surface area contributed by atoms with Crippen molar-refractivity contribution >= 4 is 22.8 Å². The lowest BCUT2D eigenvalue weighted by Gasteiger charge is -2.31. The zero-order chi connectivity index (χ0) is 19.5. The molecule has 144 valence electrons. The standard InChI is InChI=1S/C22H23N3O3/c1-15-12-18-13-17(5-6-20(18)28-15)22(27)25-10-7-16(8-11-25)21(26)24-14-19-4-2-3-9-23-19/h2-6,9,12-13,16H,7-8,10-11,14H2,1H3,(H,24,26). The molecule has 4 rings (SSSR count). The molecule has 2 aromatic heterocycles. The van der Waals surface area contributed by atoms with Gasteiger partial charge in [0.05, 0.1) is 12.2 Å². The second-order valence-electron chi connectivity index (χ2n) is 7.22. The van der Waals surface area contributed by atoms with Gasteiger partial charge in [0.2, 0.25) is 5.91 Å². The van der Waals surface area contributed by atoms with E-state index in [2.05, 4.69) is 10.3 Å². The molecule has 0 atom stereocenters. The maximum Gasteiger partial charge on any atom is 0.253 e. The normalized spacial score (nSPS) is 15.0. The maximum absolute atomic E-state index is 12.8. The summed E-state index contributed by atoms with van der Waals surface area (Å²) in [6.07, 6.45) is 3.06. The van der Waals surface area contributed by atoms with Crippen LogP contribution in [0.2, 0.25) is 0 Å². The van der Waals surface area contributed by atoms with Crippen LogP contribution < -0.4 is 5.32 Å². The van der Waals surface area contributed by atoms with E-state index >= 15 is 0 Å². The number of pyridine rings is 1. The van der Waals surface area contributed by atoms with Crippen LogP contribution in [0.1, 0.15) is 34.7 Å². The number of piperidine rings is 1. The van der Waals surface area contributed by atoms with E-state index in [1.807, 2.05) is 48.2 Å². The number of nitrogens with one attached hydrogen (secondary N) is 1. The molecule has 0 bridgehead atoms. The molecule has 0 spiro atoms. The van der Waals surface area contributed by atoms with E-state index in [1.54, 1.807) is 12.3 Å². The molecule has 3 heterocycles. The second kappa shape index (κ2) is 7.84. The minimum Gasteiger partial charge on any atom is -0.461 e. The number of amides is 2. The van der Waals surface area contributed by atoms with Crippen LogP contribution in [0.5, 0.6) is 0 Å². The van der Waals surface area contributed by atoms with Gasteiger partial charge in [-0.25, -0.2) is 0 Å². The van der Waals surface area contributed by atoms with Crippen molar-refractivity contribution < 1.29 is 14.0 Å². The topological polar surface area (TPSA) is 75.4 Å². The van der Waals surface area contributed by atoms with E-state index < -0.39 is 0 Å². The molecule has 1 saturated heterocycles. The lowest BCUT2D eigenvalue weighted by molar-refractivity contribution is -0.126. The van der Waals surface area contributed by atoms with Crippen molar-refractivity contribution in [2.45, 2.75) is 26.3 Å². The largest absolute Gasteiger partial charge is 0.461 e. The zero-order valence-electron chi connectivity index (χ0n) is 15.9. The number of likely N-dealkylation sites (tertiary alicyclic amines) is 1. The third-order valence-electron chi connectivity index (χ3n) is 5.21. The fraction of sp³-hybridized carbons (Fsp3) is 0.318. The Balaban J connectivity index is 1.32. The van der Waals surface area contributed by atoms with Crippen molar-refractivity contribution in [1.82, 2.24) is 15.2 Å². The number of rotatable bonds is 4. The van der Waals surface area contributed by atoms with Crippen molar-refractivity contribution in [1.29, 1.82) is 0 Å². The maximum atomic E-state index is 12.8. The first-order chi connectivity index (χ1) is 13.6. The van der Waals surface area contributed by atoms with Gasteiger partial charge in [0.25, 0.3) is 5.91 Å². The van der Waals surface area contributed by atoms with Gasteiger partial charge in [-0.15, -0.1) is 0 Å². The smallest absolute Gasteiger partial charge is 0.253 e. The summed E-state index contributed by atoms with van der Waals surface area (Å²) in [7, 11) is 0. The van der Waals surface area contributed by atoms with Crippen LogP contribution in [0.25, 0.3) is 11.0 Å². The van der Waals surface area contributed by atoms with Crippen molar-refractivity contribution in [2.24, 2.45) is 5.92 Å². The first-order valence-corrected chi connectivity index (χ1v) is 9.57. The molecular formula is C22H23N3O3. The summed E-state index contributed by atoms with van der Waals surface area (Å²) in [6, 6.07) is 13.1. The lowest BCUT2D eigenvalue weighted by atomic mass is 9.95. The van der Waals surface area contributed by atoms with Crippen LogP contribution in [0, 0.1) is 12.8 Å². The van der Waals surface area contributed by atoms with Gasteiger partial charge in [-0.2, -0.15) is 0 Å². The molecule has 0 aliphatic carbocycles. The number of furan rings is 1. The molecule has 1 aliphatic rings. The molecule has 0 saturated carbocycles. The van der Waals surface area contributed by atoms with Crippen LogP contribution in [0.15, 0.2) is 53.1 Å². The van der Waals surface area contributed by atoms with Crippen LogP contribution in [-0.2, 0) is 11.3 Å². The molecule has 0 unspecified atom stereocenters. The Kier molecular flexibility index (Phi) is 5.10. The minimum atomic E-state index is -0.0632. The van der Waals surface area contributed by atoms with Crippen LogP contribution in [0.3, 0.4) is 0 Å². The van der Waals surface area contributed by atoms with E-state index in [1.165, 1.54) is 0 Å². The summed E-state index contributed by atoms with van der Waals surface area (Å²) in [5, 5.41) is 3.89. The number of aryl methyl sites for hydroxylation is 1. The quantitative estimate of drug-likeness (QED) is 0.757. The third-order valence-corrected chi connectivity index (χ3v) is 5.21. The summed E-state index contributed by atoms with van der Waals surface area (Å²) in [5.41, 5.74) is 2.29. The highest BCUT2D eigenvalue weighted by atomic mass is 16.3. The lowest BCUT2D eigenvalue weighted by Crippen LogP contribution is -2.43. The number of benzene rings is 1. The summed E-state index contributed by atoms with van der Waals surface area (Å²) in [5.74, 6) is 0.810. The minimum absolute atomic E-state index is 0.00750. The summed E-state index contributed by atoms with van der Waals surface area (Å²) >= 11 is 0. The Bertz CT molecular complexity index is 989. The summed E-state index contributed by atoms with van der Waals surface area (Å²) < 4.78 is 5.57. The monoisotopic (exact) mass is 377 g/mol. The predicted octanol–water partition coefficient (Wildman–Crippen LogP) is 3.30. The van der Waals surface area contributed by atoms with Gasteiger partial charge in [0, 0.05) is 36.2 Å². The fourth-order valence-corrected chi connectivity index (χ4v) is 3.66. The zero-order valence-corrected chi connectivity index (χ0v) is 15.9. The average Bonchev–Trinajstić information content (AvgIpc) is 3.11. The third kappa shape index (κ3) is 3.91. The number of hydrogen-bond donors (Lipinski definition) is 1. The molecule has 1 aliphatic heterocycles. The number of hydrogen-bond acceptors (Lipinski definition) is 4. The Labute approximate surface area is 163 Å². The highest BCUT2D eigenvalue weighted by Gasteiger charge is 2.27. The van der Waals surface area contributed by atoms with E-state index in [9.17, 15) is 9.59 Å². The molecule has 2 amide bonds. The van der Waals surface area contributed by atoms with Crippen molar-refractivity contribution in [3.8, 4) is 0 Å². The Hall–Kier alpha value is -3.15. The van der Waals surface area contributed by atoms with Crippen LogP contribution >= 0.6 is 0 Å². The first-order valence-electron chi connectivity index (χ1n) is 9.57. The molecule has 3 aromatic rings. The van der Waals surface area contributed by atoms with Crippen molar-refractivity contribution in [2.75, 3.05) is 13.1 Å². The van der Waals surface area contributed by atoms with E-state index in [-0.39, 0.29) is 17.7 Å². The SMILES string of the molecule is Cc1cc2cc(C(=O)N3CCC(C(=O)NCc4ccccn4)CC3)ccc2o1. The molecular weight excluding hydrogens is 354 g/mol. The molecule has 0 radical (unpaired) electrons. The van der Waals surface area contributed by atoms with Gasteiger partial charge in [0.1, 0.15) is 11.3 Å². The highest BCUT2D eigenvalue weighted by molar-refractivity contribution is 5.98. The van der Waals surface area contributed by atoms with Crippen molar-refractivity contribution in [3.63, 3.8) is 0 Å². The first kappa shape index (κ1) is 18.2. The number of nitrogens with zero attached hydrogens (tertiary/aromatic N) is 2. The molecule has 6 heteroatoms. The van der Waals surface area contributed by atoms with E-state index in [0.29, 0.717) is 38.0 Å². The molecule has 1 N–H and O–H groups in total. The van der Waals surface area contributed by atoms with Gasteiger partial charge in [0.15, 0.2) is 0 Å². The molecule has 6 nitrogen and oxygen atoms in total. The average molecular weight is 377 g/mol. The van der Waals surface area contributed by atoms with Gasteiger partial charge >= 0.3 is 0 Å². The fourth-order valence-electron chi connectivity index (χ4n) is 3.66. The van der Waals surface area contributed by atoms with E-state index in [4.69, 9.17) is 4.42 Å². The van der Waals surface area contributed by atoms with Crippen molar-refractivity contribution in [3.05, 3.63) is 65.7 Å². The molecule has 1 aromatic carbocycles. The summed E-state index contributed by atoms with van der Waals surface area (Å²) in [6.45, 7) is 3.50. The molecule has 28 heavy (non-hydrogen) atoms. The molecule has 1 fully saturated rings.